The number of rotatable bonds is 4. The van der Waals surface area contributed by atoms with Crippen molar-refractivity contribution in [3.05, 3.63) is 73.9 Å². The lowest BCUT2D eigenvalue weighted by molar-refractivity contribution is 0.415. The number of aryl methyl sites for hydroxylation is 2. The molecule has 0 radical (unpaired) electrons. The summed E-state index contributed by atoms with van der Waals surface area (Å²) in [5, 5.41) is 11.1. The topological polar surface area (TPSA) is 110 Å². The third kappa shape index (κ3) is 3.50. The minimum Gasteiger partial charge on any atom is -0.497 e. The van der Waals surface area contributed by atoms with Gasteiger partial charge in [-0.2, -0.15) is 0 Å². The number of ether oxygens (including phenoxy) is 1. The van der Waals surface area contributed by atoms with Crippen LogP contribution in [0.4, 0.5) is 5.13 Å². The van der Waals surface area contributed by atoms with Crippen molar-refractivity contribution in [3.63, 3.8) is 0 Å². The summed E-state index contributed by atoms with van der Waals surface area (Å²) in [5.74, 6) is 0.217. The van der Waals surface area contributed by atoms with Crippen molar-refractivity contribution in [1.29, 1.82) is 0 Å². The van der Waals surface area contributed by atoms with Crippen molar-refractivity contribution in [1.82, 2.24) is 14.5 Å². The lowest BCUT2D eigenvalue weighted by Crippen LogP contribution is -2.31. The molecular formula is C21H18N4O4S. The highest BCUT2D eigenvalue weighted by atomic mass is 32.1. The third-order valence-electron chi connectivity index (χ3n) is 4.76. The van der Waals surface area contributed by atoms with Crippen LogP contribution in [0.15, 0.2) is 51.0 Å². The number of nitrogens with one attached hydrogen (secondary N) is 1. The average molecular weight is 422 g/mol. The Bertz CT molecular complexity index is 1420. The molecule has 0 spiro atoms. The van der Waals surface area contributed by atoms with Crippen molar-refractivity contribution in [3.8, 4) is 17.3 Å². The Labute approximate surface area is 174 Å². The van der Waals surface area contributed by atoms with Crippen molar-refractivity contribution in [2.45, 2.75) is 13.8 Å². The Kier molecular flexibility index (Phi) is 4.96. The van der Waals surface area contributed by atoms with Crippen molar-refractivity contribution in [2.24, 2.45) is 4.99 Å². The van der Waals surface area contributed by atoms with Crippen LogP contribution >= 0.6 is 11.3 Å². The largest absolute Gasteiger partial charge is 0.497 e. The molecule has 0 aliphatic rings. The zero-order valence-corrected chi connectivity index (χ0v) is 17.3. The number of methoxy groups -OCH3 is 1. The van der Waals surface area contributed by atoms with E-state index in [0.29, 0.717) is 16.6 Å². The Balaban J connectivity index is 1.78. The maximum Gasteiger partial charge on any atom is 0.335 e. The first-order chi connectivity index (χ1) is 14.4. The molecule has 0 saturated carbocycles. The van der Waals surface area contributed by atoms with Gasteiger partial charge in [-0.15, -0.1) is 0 Å². The van der Waals surface area contributed by atoms with Crippen LogP contribution < -0.4 is 16.0 Å². The molecule has 2 N–H and O–H groups in total. The van der Waals surface area contributed by atoms with Gasteiger partial charge in [0.1, 0.15) is 11.3 Å². The molecule has 152 valence electrons. The number of aromatic hydroxyl groups is 1. The summed E-state index contributed by atoms with van der Waals surface area (Å²) < 4.78 is 7.12. The number of nitrogens with zero attached hydrogens (tertiary/aromatic N) is 3. The summed E-state index contributed by atoms with van der Waals surface area (Å²) in [4.78, 5) is 35.5. The summed E-state index contributed by atoms with van der Waals surface area (Å²) in [7, 11) is 1.58. The number of benzene rings is 2. The molecule has 0 unspecified atom stereocenters. The molecule has 2 heterocycles. The molecule has 0 bridgehead atoms. The highest BCUT2D eigenvalue weighted by Crippen LogP contribution is 2.30. The molecule has 0 amide bonds. The summed E-state index contributed by atoms with van der Waals surface area (Å²) >= 11 is 1.31. The SMILES string of the molecule is COc1ccc2nc(N=Cc3c(O)n(-c4ccc(C)c(C)c4)c(=O)[nH]c3=O)sc2c1. The van der Waals surface area contributed by atoms with E-state index < -0.39 is 17.1 Å². The van der Waals surface area contributed by atoms with E-state index >= 15 is 0 Å². The molecule has 2 aromatic heterocycles. The van der Waals surface area contributed by atoms with Crippen LogP contribution in [0.3, 0.4) is 0 Å². The molecule has 9 heteroatoms. The molecule has 0 atom stereocenters. The van der Waals surface area contributed by atoms with Crippen LogP contribution in [0.2, 0.25) is 0 Å². The van der Waals surface area contributed by atoms with E-state index in [-0.39, 0.29) is 5.56 Å². The Hall–Kier alpha value is -3.72. The molecule has 30 heavy (non-hydrogen) atoms. The van der Waals surface area contributed by atoms with Crippen molar-refractivity contribution in [2.75, 3.05) is 7.11 Å². The van der Waals surface area contributed by atoms with Crippen LogP contribution in [0.5, 0.6) is 11.6 Å². The van der Waals surface area contributed by atoms with Gasteiger partial charge in [-0.3, -0.25) is 9.78 Å². The molecule has 4 rings (SSSR count). The van der Waals surface area contributed by atoms with E-state index in [1.54, 1.807) is 25.3 Å². The molecule has 0 aliphatic carbocycles. The Morgan fingerprint density at radius 2 is 1.97 bits per heavy atom. The van der Waals surface area contributed by atoms with E-state index in [9.17, 15) is 14.7 Å². The van der Waals surface area contributed by atoms with Crippen LogP contribution in [-0.2, 0) is 0 Å². The van der Waals surface area contributed by atoms with Crippen molar-refractivity contribution < 1.29 is 9.84 Å². The lowest BCUT2D eigenvalue weighted by atomic mass is 10.1. The molecule has 0 saturated heterocycles. The minimum absolute atomic E-state index is 0.135. The van der Waals surface area contributed by atoms with Crippen LogP contribution in [0, 0.1) is 13.8 Å². The highest BCUT2D eigenvalue weighted by molar-refractivity contribution is 7.22. The molecule has 2 aromatic carbocycles. The first-order valence-corrected chi connectivity index (χ1v) is 9.83. The van der Waals surface area contributed by atoms with E-state index in [4.69, 9.17) is 4.74 Å². The number of fused-ring (bicyclic) bond motifs is 1. The van der Waals surface area contributed by atoms with Gasteiger partial charge in [-0.1, -0.05) is 17.4 Å². The van der Waals surface area contributed by atoms with Gasteiger partial charge in [-0.25, -0.2) is 19.3 Å². The molecule has 4 aromatic rings. The van der Waals surface area contributed by atoms with Gasteiger partial charge in [0.2, 0.25) is 11.0 Å². The van der Waals surface area contributed by atoms with Crippen LogP contribution in [0.25, 0.3) is 15.9 Å². The van der Waals surface area contributed by atoms with Crippen LogP contribution in [-0.4, -0.2) is 33.0 Å². The van der Waals surface area contributed by atoms with Gasteiger partial charge in [0.25, 0.3) is 5.56 Å². The second kappa shape index (κ2) is 7.60. The first-order valence-electron chi connectivity index (χ1n) is 9.02. The zero-order valence-electron chi connectivity index (χ0n) is 16.5. The van der Waals surface area contributed by atoms with E-state index in [0.717, 1.165) is 25.9 Å². The predicted octanol–water partition coefficient (Wildman–Crippen LogP) is 3.22. The maximum absolute atomic E-state index is 12.3. The highest BCUT2D eigenvalue weighted by Gasteiger charge is 2.15. The minimum atomic E-state index is -0.732. The maximum atomic E-state index is 12.3. The molecule has 0 fully saturated rings. The average Bonchev–Trinajstić information content (AvgIpc) is 3.12. The number of hydrogen-bond donors (Lipinski definition) is 2. The van der Waals surface area contributed by atoms with E-state index in [1.807, 2.05) is 32.0 Å². The fourth-order valence-corrected chi connectivity index (χ4v) is 3.79. The summed E-state index contributed by atoms with van der Waals surface area (Å²) in [6.45, 7) is 3.84. The molecular weight excluding hydrogens is 404 g/mol. The lowest BCUT2D eigenvalue weighted by Gasteiger charge is -2.11. The second-order valence-corrected chi connectivity index (χ2v) is 7.70. The fraction of sp³-hybridized carbons (Fsp3) is 0.143. The number of thiazole rings is 1. The Morgan fingerprint density at radius 3 is 2.70 bits per heavy atom. The molecule has 8 nitrogen and oxygen atoms in total. The number of aliphatic imine (C=N–C) groups is 1. The number of aromatic amines is 1. The third-order valence-corrected chi connectivity index (χ3v) is 5.68. The zero-order chi connectivity index (χ0) is 21.4. The monoisotopic (exact) mass is 422 g/mol. The number of aromatic nitrogens is 3. The molecule has 0 aliphatic heterocycles. The summed E-state index contributed by atoms with van der Waals surface area (Å²) in [5.41, 5.74) is 1.58. The van der Waals surface area contributed by atoms with E-state index in [1.165, 1.54) is 17.6 Å². The Morgan fingerprint density at radius 1 is 1.17 bits per heavy atom. The van der Waals surface area contributed by atoms with Gasteiger partial charge in [0.15, 0.2) is 0 Å². The quantitative estimate of drug-likeness (QED) is 0.491. The first kappa shape index (κ1) is 19.6. The van der Waals surface area contributed by atoms with E-state index in [2.05, 4.69) is 15.0 Å². The summed E-state index contributed by atoms with van der Waals surface area (Å²) in [6.07, 6.45) is 1.21. The van der Waals surface area contributed by atoms with Gasteiger partial charge < -0.3 is 9.84 Å². The van der Waals surface area contributed by atoms with Gasteiger partial charge in [-0.05, 0) is 55.3 Å². The van der Waals surface area contributed by atoms with Crippen LogP contribution in [0.1, 0.15) is 16.7 Å². The van der Waals surface area contributed by atoms with Gasteiger partial charge in [0.05, 0.1) is 23.0 Å². The number of hydrogen-bond acceptors (Lipinski definition) is 7. The summed E-state index contributed by atoms with van der Waals surface area (Å²) in [6, 6.07) is 10.8. The number of H-pyrrole nitrogens is 1. The van der Waals surface area contributed by atoms with Gasteiger partial charge in [0, 0.05) is 6.21 Å². The fourth-order valence-electron chi connectivity index (χ4n) is 2.95. The smallest absolute Gasteiger partial charge is 0.335 e. The van der Waals surface area contributed by atoms with Gasteiger partial charge >= 0.3 is 5.69 Å². The predicted molar refractivity (Wildman–Crippen MR) is 117 cm³/mol. The normalized spacial score (nSPS) is 11.4. The van der Waals surface area contributed by atoms with Crippen molar-refractivity contribution >= 4 is 32.9 Å². The second-order valence-electron chi connectivity index (χ2n) is 6.69. The standard InChI is InChI=1S/C21H18N4O4S/c1-11-4-5-13(8-12(11)2)25-19(27)15(18(26)24-21(25)28)10-22-20-23-16-7-6-14(29-3)9-17(16)30-20/h4-10,27H,1-3H3,(H,24,26,28).